The van der Waals surface area contributed by atoms with Gasteiger partial charge in [0.1, 0.15) is 12.4 Å². The first-order chi connectivity index (χ1) is 16.8. The van der Waals surface area contributed by atoms with Crippen LogP contribution in [-0.2, 0) is 6.61 Å². The number of nitro benzene ring substituents is 1. The van der Waals surface area contributed by atoms with E-state index in [2.05, 4.69) is 32.1 Å². The molecule has 0 fully saturated rings. The predicted octanol–water partition coefficient (Wildman–Crippen LogP) is 5.36. The van der Waals surface area contributed by atoms with E-state index >= 15 is 0 Å². The summed E-state index contributed by atoms with van der Waals surface area (Å²) < 4.78 is 7.60. The molecule has 1 aromatic heterocycles. The number of nitrogens with zero attached hydrogens (tertiary/aromatic N) is 5. The first kappa shape index (κ1) is 24.1. The number of ether oxygens (including phenoxy) is 1. The average molecular weight is 553 g/mol. The number of fused-ring (bicyclic) bond motifs is 1. The molecule has 0 amide bonds. The molecule has 3 aromatic carbocycles. The van der Waals surface area contributed by atoms with Crippen molar-refractivity contribution in [3.8, 4) is 11.8 Å². The summed E-state index contributed by atoms with van der Waals surface area (Å²) in [7, 11) is 0. The summed E-state index contributed by atoms with van der Waals surface area (Å²) in [6.45, 7) is 1.52. The van der Waals surface area contributed by atoms with Crippen molar-refractivity contribution < 1.29 is 9.66 Å². The van der Waals surface area contributed by atoms with Gasteiger partial charge in [-0.05, 0) is 37.3 Å². The number of aromatic nitrogens is 2. The van der Waals surface area contributed by atoms with Gasteiger partial charge in [0, 0.05) is 26.7 Å². The third-order valence-electron chi connectivity index (χ3n) is 5.05. The molecule has 35 heavy (non-hydrogen) atoms. The van der Waals surface area contributed by atoms with E-state index in [0.717, 1.165) is 10.7 Å². The van der Waals surface area contributed by atoms with E-state index in [1.54, 1.807) is 49.4 Å². The van der Waals surface area contributed by atoms with Gasteiger partial charge in [-0.2, -0.15) is 15.0 Å². The number of hydrogen-bond donors (Lipinski definition) is 0. The van der Waals surface area contributed by atoms with Gasteiger partial charge in [0.15, 0.2) is 0 Å². The van der Waals surface area contributed by atoms with E-state index in [4.69, 9.17) is 16.3 Å². The van der Waals surface area contributed by atoms with Crippen LogP contribution < -0.4 is 10.3 Å². The van der Waals surface area contributed by atoms with Crippen LogP contribution in [0.3, 0.4) is 0 Å². The summed E-state index contributed by atoms with van der Waals surface area (Å²) in [6.07, 6.45) is 1.25. The van der Waals surface area contributed by atoms with Crippen molar-refractivity contribution in [2.75, 3.05) is 0 Å². The highest BCUT2D eigenvalue weighted by Gasteiger charge is 2.21. The second-order valence-electron chi connectivity index (χ2n) is 7.34. The van der Waals surface area contributed by atoms with Crippen molar-refractivity contribution in [3.63, 3.8) is 0 Å². The fourth-order valence-electron chi connectivity index (χ4n) is 3.41. The van der Waals surface area contributed by atoms with E-state index in [0.29, 0.717) is 32.3 Å². The van der Waals surface area contributed by atoms with Gasteiger partial charge in [-0.3, -0.25) is 14.9 Å². The highest BCUT2D eigenvalue weighted by molar-refractivity contribution is 9.10. The quantitative estimate of drug-likeness (QED) is 0.180. The highest BCUT2D eigenvalue weighted by Crippen LogP contribution is 2.34. The Hall–Kier alpha value is -4.07. The zero-order valence-electron chi connectivity index (χ0n) is 18.1. The van der Waals surface area contributed by atoms with Gasteiger partial charge < -0.3 is 4.74 Å². The van der Waals surface area contributed by atoms with Crippen LogP contribution in [0, 0.1) is 28.4 Å². The summed E-state index contributed by atoms with van der Waals surface area (Å²) in [4.78, 5) is 28.5. The van der Waals surface area contributed by atoms with E-state index in [-0.39, 0.29) is 28.6 Å². The van der Waals surface area contributed by atoms with Crippen LogP contribution in [-0.4, -0.2) is 20.8 Å². The molecule has 0 unspecified atom stereocenters. The van der Waals surface area contributed by atoms with Crippen molar-refractivity contribution in [2.24, 2.45) is 5.10 Å². The maximum absolute atomic E-state index is 13.0. The molecule has 11 heteroatoms. The summed E-state index contributed by atoms with van der Waals surface area (Å²) in [5, 5.41) is 25.7. The van der Waals surface area contributed by atoms with Gasteiger partial charge in [0.25, 0.3) is 5.56 Å². The Balaban J connectivity index is 1.79. The van der Waals surface area contributed by atoms with Crippen LogP contribution in [0.1, 0.15) is 22.5 Å². The van der Waals surface area contributed by atoms with Gasteiger partial charge >= 0.3 is 5.69 Å². The monoisotopic (exact) mass is 551 g/mol. The fourth-order valence-corrected chi connectivity index (χ4v) is 3.99. The molecule has 0 aliphatic heterocycles. The second kappa shape index (κ2) is 10.0. The largest absolute Gasteiger partial charge is 0.481 e. The molecule has 0 spiro atoms. The Labute approximate surface area is 212 Å². The summed E-state index contributed by atoms with van der Waals surface area (Å²) >= 11 is 9.46. The normalized spacial score (nSPS) is 11.0. The molecule has 0 aliphatic carbocycles. The smallest absolute Gasteiger partial charge is 0.313 e. The Bertz CT molecular complexity index is 1610. The van der Waals surface area contributed by atoms with Crippen LogP contribution >= 0.6 is 27.5 Å². The maximum Gasteiger partial charge on any atom is 0.313 e. The Morgan fingerprint density at radius 1 is 1.29 bits per heavy atom. The maximum atomic E-state index is 13.0. The molecule has 4 aromatic rings. The summed E-state index contributed by atoms with van der Waals surface area (Å²) in [5.41, 5.74) is 0.846. The molecule has 0 saturated heterocycles. The lowest BCUT2D eigenvalue weighted by Gasteiger charge is -2.11. The van der Waals surface area contributed by atoms with Crippen LogP contribution in [0.15, 0.2) is 69.0 Å². The number of aryl methyl sites for hydroxylation is 1. The molecule has 0 radical (unpaired) electrons. The topological polar surface area (TPSA) is 123 Å². The number of nitro groups is 1. The lowest BCUT2D eigenvalue weighted by Crippen LogP contribution is -2.20. The van der Waals surface area contributed by atoms with Crippen molar-refractivity contribution in [1.29, 1.82) is 5.26 Å². The molecule has 0 atom stereocenters. The SMILES string of the molecule is Cc1nc2ccc(Br)cc2c(=O)n1N=Cc1cc(Cl)cc([N+](=O)[O-])c1OCc1ccccc1C#N. The fraction of sp³-hybridized carbons (Fsp3) is 0.0833. The van der Waals surface area contributed by atoms with Crippen molar-refractivity contribution in [2.45, 2.75) is 13.5 Å². The predicted molar refractivity (Wildman–Crippen MR) is 135 cm³/mol. The third kappa shape index (κ3) is 5.06. The lowest BCUT2D eigenvalue weighted by atomic mass is 10.1. The number of benzene rings is 3. The Morgan fingerprint density at radius 3 is 2.80 bits per heavy atom. The summed E-state index contributed by atoms with van der Waals surface area (Å²) in [5.74, 6) is 0.223. The average Bonchev–Trinajstić information content (AvgIpc) is 2.83. The summed E-state index contributed by atoms with van der Waals surface area (Å²) in [6, 6.07) is 16.6. The highest BCUT2D eigenvalue weighted by atomic mass is 79.9. The Kier molecular flexibility index (Phi) is 6.91. The molecule has 4 rings (SSSR count). The first-order valence-corrected chi connectivity index (χ1v) is 11.3. The minimum atomic E-state index is -0.624. The minimum Gasteiger partial charge on any atom is -0.481 e. The molecular formula is C24H15BrClN5O4. The van der Waals surface area contributed by atoms with Crippen LogP contribution in [0.5, 0.6) is 5.75 Å². The number of rotatable bonds is 6. The molecule has 0 bridgehead atoms. The molecule has 174 valence electrons. The minimum absolute atomic E-state index is 0.0903. The third-order valence-corrected chi connectivity index (χ3v) is 5.76. The van der Waals surface area contributed by atoms with Crippen molar-refractivity contribution in [3.05, 3.63) is 107 Å². The molecule has 1 heterocycles. The van der Waals surface area contributed by atoms with E-state index in [1.807, 2.05) is 0 Å². The van der Waals surface area contributed by atoms with Gasteiger partial charge in [-0.15, -0.1) is 0 Å². The van der Waals surface area contributed by atoms with Crippen LogP contribution in [0.25, 0.3) is 10.9 Å². The standard InChI is InChI=1S/C24H15BrClN5O4/c1-14-29-21-7-6-18(25)9-20(21)24(32)30(14)28-12-17-8-19(26)10-22(31(33)34)23(17)35-13-16-5-3-2-4-15(16)11-27/h2-10,12H,13H2,1H3. The van der Waals surface area contributed by atoms with E-state index in [9.17, 15) is 20.2 Å². The molecule has 0 N–H and O–H groups in total. The number of halogens is 2. The zero-order valence-corrected chi connectivity index (χ0v) is 20.4. The van der Waals surface area contributed by atoms with E-state index < -0.39 is 10.5 Å². The van der Waals surface area contributed by atoms with Gasteiger partial charge in [0.05, 0.1) is 33.7 Å². The van der Waals surface area contributed by atoms with Gasteiger partial charge in [0.2, 0.25) is 5.75 Å². The van der Waals surface area contributed by atoms with Gasteiger partial charge in [-0.25, -0.2) is 4.98 Å². The van der Waals surface area contributed by atoms with Crippen LogP contribution in [0.2, 0.25) is 5.02 Å². The second-order valence-corrected chi connectivity index (χ2v) is 8.69. The molecular weight excluding hydrogens is 538 g/mol. The first-order valence-electron chi connectivity index (χ1n) is 10.1. The lowest BCUT2D eigenvalue weighted by molar-refractivity contribution is -0.385. The van der Waals surface area contributed by atoms with Crippen molar-refractivity contribution in [1.82, 2.24) is 9.66 Å². The molecule has 9 nitrogen and oxygen atoms in total. The molecule has 0 aliphatic rings. The molecule has 0 saturated carbocycles. The number of nitriles is 1. The van der Waals surface area contributed by atoms with Crippen molar-refractivity contribution >= 4 is 50.3 Å². The van der Waals surface area contributed by atoms with E-state index in [1.165, 1.54) is 12.3 Å². The number of hydrogen-bond acceptors (Lipinski definition) is 7. The Morgan fingerprint density at radius 2 is 2.06 bits per heavy atom. The van der Waals surface area contributed by atoms with Gasteiger partial charge in [-0.1, -0.05) is 45.7 Å². The van der Waals surface area contributed by atoms with Crippen LogP contribution in [0.4, 0.5) is 5.69 Å². The zero-order chi connectivity index (χ0) is 25.1.